The van der Waals surface area contributed by atoms with Gasteiger partial charge in [-0.1, -0.05) is 60.8 Å². The smallest absolute Gasteiger partial charge is 0.224 e. The van der Waals surface area contributed by atoms with Crippen LogP contribution in [0.5, 0.6) is 0 Å². The Morgan fingerprint density at radius 2 is 1.55 bits per heavy atom. The fourth-order valence-corrected chi connectivity index (χ4v) is 3.88. The molecule has 3 heteroatoms. The van der Waals surface area contributed by atoms with E-state index in [0.717, 1.165) is 6.42 Å². The molecular weight excluding hydrogens is 274 g/mol. The van der Waals surface area contributed by atoms with E-state index < -0.39 is 11.5 Å². The Hall–Kier alpha value is -0.860. The molecule has 0 aromatic heterocycles. The molecule has 0 aromatic carbocycles. The van der Waals surface area contributed by atoms with E-state index in [2.05, 4.69) is 5.32 Å². The second kappa shape index (κ2) is 5.65. The highest BCUT2D eigenvalue weighted by molar-refractivity contribution is 5.94. The number of nitrogens with one attached hydrogen (secondary N) is 1. The second-order valence-corrected chi connectivity index (χ2v) is 9.60. The van der Waals surface area contributed by atoms with Crippen LogP contribution in [0.3, 0.4) is 0 Å². The van der Waals surface area contributed by atoms with E-state index in [9.17, 15) is 9.59 Å². The van der Waals surface area contributed by atoms with Crippen molar-refractivity contribution in [2.24, 2.45) is 22.2 Å². The molecule has 126 valence electrons. The van der Waals surface area contributed by atoms with Gasteiger partial charge in [-0.15, -0.1) is 0 Å². The van der Waals surface area contributed by atoms with Crippen LogP contribution in [0.25, 0.3) is 0 Å². The summed E-state index contributed by atoms with van der Waals surface area (Å²) in [4.78, 5) is 25.4. The minimum atomic E-state index is -0.433. The number of carbonyl (C=O) groups excluding carboxylic acids is 2. The van der Waals surface area contributed by atoms with Gasteiger partial charge in [0.25, 0.3) is 0 Å². The van der Waals surface area contributed by atoms with Gasteiger partial charge in [0.1, 0.15) is 0 Å². The molecule has 1 unspecified atom stereocenters. The monoisotopic (exact) mass is 307 g/mol. The van der Waals surface area contributed by atoms with Crippen LogP contribution in [0.1, 0.15) is 80.1 Å². The maximum absolute atomic E-state index is 12.7. The predicted molar refractivity (Wildman–Crippen MR) is 89.5 cm³/mol. The Morgan fingerprint density at radius 1 is 1.00 bits per heavy atom. The van der Waals surface area contributed by atoms with Crippen LogP contribution in [0.2, 0.25) is 0 Å². The standard InChI is InChI=1S/C19H33NO2/c1-17(2,3)14(15(21)18(4,5)6)20-16(22)13-12-19(13)10-8-7-9-11-19/h13-14H,7-12H2,1-6H3,(H,20,22)/t13?,14-/m1/s1. The number of amides is 1. The van der Waals surface area contributed by atoms with Crippen molar-refractivity contribution in [2.75, 3.05) is 0 Å². The lowest BCUT2D eigenvalue weighted by Crippen LogP contribution is -2.53. The predicted octanol–water partition coefficient (Wildman–Crippen LogP) is 4.10. The van der Waals surface area contributed by atoms with Gasteiger partial charge in [0.05, 0.1) is 6.04 Å². The van der Waals surface area contributed by atoms with Crippen molar-refractivity contribution in [1.29, 1.82) is 0 Å². The Morgan fingerprint density at radius 3 is 2.00 bits per heavy atom. The molecule has 0 saturated heterocycles. The third kappa shape index (κ3) is 3.55. The van der Waals surface area contributed by atoms with E-state index >= 15 is 0 Å². The van der Waals surface area contributed by atoms with E-state index in [-0.39, 0.29) is 28.4 Å². The fraction of sp³-hybridized carbons (Fsp3) is 0.895. The van der Waals surface area contributed by atoms with E-state index in [1.807, 2.05) is 41.5 Å². The normalized spacial score (nSPS) is 25.6. The molecule has 0 heterocycles. The maximum atomic E-state index is 12.7. The molecule has 1 N–H and O–H groups in total. The van der Waals surface area contributed by atoms with Gasteiger partial charge < -0.3 is 5.32 Å². The molecule has 0 bridgehead atoms. The molecular formula is C19H33NO2. The molecule has 2 aliphatic rings. The molecule has 2 fully saturated rings. The highest BCUT2D eigenvalue weighted by Gasteiger charge is 2.58. The first kappa shape index (κ1) is 17.5. The van der Waals surface area contributed by atoms with Gasteiger partial charge in [0.2, 0.25) is 5.91 Å². The first-order valence-corrected chi connectivity index (χ1v) is 8.82. The van der Waals surface area contributed by atoms with Crippen molar-refractivity contribution < 1.29 is 9.59 Å². The first-order chi connectivity index (χ1) is 9.97. The van der Waals surface area contributed by atoms with Gasteiger partial charge >= 0.3 is 0 Å². The van der Waals surface area contributed by atoms with Crippen molar-refractivity contribution >= 4 is 11.7 Å². The average Bonchev–Trinajstić information content (AvgIpc) is 3.07. The summed E-state index contributed by atoms with van der Waals surface area (Å²) in [6.07, 6.45) is 7.24. The summed E-state index contributed by atoms with van der Waals surface area (Å²) < 4.78 is 0. The summed E-state index contributed by atoms with van der Waals surface area (Å²) in [5, 5.41) is 3.11. The van der Waals surface area contributed by atoms with Crippen molar-refractivity contribution in [1.82, 2.24) is 5.32 Å². The topological polar surface area (TPSA) is 46.2 Å². The van der Waals surface area contributed by atoms with Gasteiger partial charge in [0, 0.05) is 11.3 Å². The van der Waals surface area contributed by atoms with Crippen molar-refractivity contribution in [3.8, 4) is 0 Å². The van der Waals surface area contributed by atoms with Crippen LogP contribution in [-0.2, 0) is 9.59 Å². The SMILES string of the molecule is CC(C)(C)C(=O)[C@@H](NC(=O)C1CC12CCCCC2)C(C)(C)C. The van der Waals surface area contributed by atoms with E-state index in [1.165, 1.54) is 32.1 Å². The number of ketones is 1. The van der Waals surface area contributed by atoms with Crippen molar-refractivity contribution in [3.63, 3.8) is 0 Å². The van der Waals surface area contributed by atoms with Gasteiger partial charge in [-0.05, 0) is 30.1 Å². The average molecular weight is 307 g/mol. The zero-order chi connectivity index (χ0) is 16.8. The summed E-state index contributed by atoms with van der Waals surface area (Å²) in [5.74, 6) is 0.386. The van der Waals surface area contributed by atoms with E-state index in [0.29, 0.717) is 0 Å². The van der Waals surface area contributed by atoms with Gasteiger partial charge in [-0.3, -0.25) is 9.59 Å². The van der Waals surface area contributed by atoms with Gasteiger partial charge in [0.15, 0.2) is 5.78 Å². The van der Waals surface area contributed by atoms with Crippen molar-refractivity contribution in [3.05, 3.63) is 0 Å². The minimum absolute atomic E-state index is 0.111. The minimum Gasteiger partial charge on any atom is -0.345 e. The first-order valence-electron chi connectivity index (χ1n) is 8.82. The highest BCUT2D eigenvalue weighted by atomic mass is 16.2. The Bertz CT molecular complexity index is 447. The molecule has 1 amide bonds. The number of hydrogen-bond acceptors (Lipinski definition) is 2. The van der Waals surface area contributed by atoms with Crippen LogP contribution >= 0.6 is 0 Å². The molecule has 2 rings (SSSR count). The summed E-state index contributed by atoms with van der Waals surface area (Å²) in [7, 11) is 0. The summed E-state index contributed by atoms with van der Waals surface area (Å²) >= 11 is 0. The number of hydrogen-bond donors (Lipinski definition) is 1. The lowest BCUT2D eigenvalue weighted by molar-refractivity contribution is -0.136. The van der Waals surface area contributed by atoms with Crippen LogP contribution in [0, 0.1) is 22.2 Å². The number of rotatable bonds is 3. The molecule has 22 heavy (non-hydrogen) atoms. The molecule has 0 aliphatic heterocycles. The van der Waals surface area contributed by atoms with E-state index in [1.54, 1.807) is 0 Å². The molecule has 3 nitrogen and oxygen atoms in total. The Kier molecular flexibility index (Phi) is 4.49. The van der Waals surface area contributed by atoms with Crippen LogP contribution in [0.15, 0.2) is 0 Å². The summed E-state index contributed by atoms with van der Waals surface area (Å²) in [6.45, 7) is 11.9. The molecule has 2 saturated carbocycles. The number of carbonyl (C=O) groups is 2. The van der Waals surface area contributed by atoms with Crippen LogP contribution in [-0.4, -0.2) is 17.7 Å². The molecule has 0 radical (unpaired) electrons. The van der Waals surface area contributed by atoms with Gasteiger partial charge in [-0.25, -0.2) is 0 Å². The third-order valence-electron chi connectivity index (χ3n) is 5.51. The van der Waals surface area contributed by atoms with Crippen molar-refractivity contribution in [2.45, 2.75) is 86.1 Å². The maximum Gasteiger partial charge on any atom is 0.224 e. The van der Waals surface area contributed by atoms with Gasteiger partial charge in [-0.2, -0.15) is 0 Å². The fourth-order valence-electron chi connectivity index (χ4n) is 3.88. The lowest BCUT2D eigenvalue weighted by atomic mass is 9.75. The largest absolute Gasteiger partial charge is 0.345 e. The highest BCUT2D eigenvalue weighted by Crippen LogP contribution is 2.61. The molecule has 0 aromatic rings. The zero-order valence-corrected chi connectivity index (χ0v) is 15.2. The second-order valence-electron chi connectivity index (χ2n) is 9.60. The summed E-state index contributed by atoms with van der Waals surface area (Å²) in [6, 6.07) is -0.402. The number of Topliss-reactive ketones (excluding diaryl/α,β-unsaturated/α-hetero) is 1. The molecule has 1 spiro atoms. The molecule has 2 aliphatic carbocycles. The summed E-state index contributed by atoms with van der Waals surface area (Å²) in [5.41, 5.74) is -0.415. The Balaban J connectivity index is 2.05. The van der Waals surface area contributed by atoms with E-state index in [4.69, 9.17) is 0 Å². The van der Waals surface area contributed by atoms with Crippen LogP contribution < -0.4 is 5.32 Å². The Labute approximate surface area is 135 Å². The zero-order valence-electron chi connectivity index (χ0n) is 15.2. The quantitative estimate of drug-likeness (QED) is 0.853. The molecule has 2 atom stereocenters. The van der Waals surface area contributed by atoms with Crippen LogP contribution in [0.4, 0.5) is 0 Å². The lowest BCUT2D eigenvalue weighted by Gasteiger charge is -2.35. The third-order valence-corrected chi connectivity index (χ3v) is 5.51.